The van der Waals surface area contributed by atoms with Gasteiger partial charge in [0.05, 0.1) is 0 Å². The molecule has 1 saturated heterocycles. The van der Waals surface area contributed by atoms with E-state index in [1.165, 1.54) is 24.5 Å². The Hall–Kier alpha value is 0.310. The molecule has 1 nitrogen and oxygen atoms in total. The van der Waals surface area contributed by atoms with Gasteiger partial charge in [0.25, 0.3) is 0 Å². The zero-order valence-electron chi connectivity index (χ0n) is 10.3. The molecule has 2 heteroatoms. The summed E-state index contributed by atoms with van der Waals surface area (Å²) in [4.78, 5) is 2.69. The van der Waals surface area contributed by atoms with E-state index in [1.807, 2.05) is 0 Å². The predicted molar refractivity (Wildman–Crippen MR) is 67.0 cm³/mol. The van der Waals surface area contributed by atoms with Crippen molar-refractivity contribution in [3.8, 4) is 0 Å². The molecule has 0 aromatic heterocycles. The summed E-state index contributed by atoms with van der Waals surface area (Å²) in [5.74, 6) is 2.65. The summed E-state index contributed by atoms with van der Waals surface area (Å²) in [6, 6.07) is 1.44. The van der Waals surface area contributed by atoms with Gasteiger partial charge < -0.3 is 0 Å². The molecule has 0 bridgehead atoms. The van der Waals surface area contributed by atoms with Crippen molar-refractivity contribution < 1.29 is 0 Å². The molecule has 0 spiro atoms. The lowest BCUT2D eigenvalue weighted by Crippen LogP contribution is -2.48. The molecule has 0 radical (unpaired) electrons. The van der Waals surface area contributed by atoms with Crippen molar-refractivity contribution in [2.75, 3.05) is 18.1 Å². The molecule has 1 atom stereocenters. The van der Waals surface area contributed by atoms with E-state index in [2.05, 4.69) is 51.3 Å². The lowest BCUT2D eigenvalue weighted by molar-refractivity contribution is 0.0892. The van der Waals surface area contributed by atoms with Crippen molar-refractivity contribution in [1.29, 1.82) is 0 Å². The Morgan fingerprint density at radius 3 is 2.43 bits per heavy atom. The fraction of sp³-hybridized carbons (Fsp3) is 1.00. The highest BCUT2D eigenvalue weighted by atomic mass is 32.2. The van der Waals surface area contributed by atoms with Crippen LogP contribution in [0.5, 0.6) is 0 Å². The first-order chi connectivity index (χ1) is 6.43. The normalized spacial score (nSPS) is 26.6. The van der Waals surface area contributed by atoms with Gasteiger partial charge in [-0.05, 0) is 38.0 Å². The Morgan fingerprint density at radius 1 is 1.29 bits per heavy atom. The first kappa shape index (κ1) is 12.4. The highest BCUT2D eigenvalue weighted by Crippen LogP contribution is 2.31. The highest BCUT2D eigenvalue weighted by Gasteiger charge is 2.32. The van der Waals surface area contributed by atoms with Crippen molar-refractivity contribution >= 4 is 11.8 Å². The van der Waals surface area contributed by atoms with Crippen LogP contribution in [0, 0.1) is 5.41 Å². The van der Waals surface area contributed by atoms with Crippen LogP contribution in [0.15, 0.2) is 0 Å². The Kier molecular flexibility index (Phi) is 4.32. The highest BCUT2D eigenvalue weighted by molar-refractivity contribution is 7.99. The van der Waals surface area contributed by atoms with E-state index < -0.39 is 0 Å². The van der Waals surface area contributed by atoms with Crippen LogP contribution in [0.25, 0.3) is 0 Å². The van der Waals surface area contributed by atoms with Crippen LogP contribution >= 0.6 is 11.8 Å². The summed E-state index contributed by atoms with van der Waals surface area (Å²) < 4.78 is 0. The van der Waals surface area contributed by atoms with E-state index in [1.54, 1.807) is 0 Å². The smallest absolute Gasteiger partial charge is 0.0237 e. The van der Waals surface area contributed by atoms with Crippen molar-refractivity contribution in [2.45, 2.75) is 53.1 Å². The maximum absolute atomic E-state index is 2.69. The van der Waals surface area contributed by atoms with Gasteiger partial charge in [-0.3, -0.25) is 4.90 Å². The van der Waals surface area contributed by atoms with Gasteiger partial charge in [0.2, 0.25) is 0 Å². The topological polar surface area (TPSA) is 3.24 Å². The summed E-state index contributed by atoms with van der Waals surface area (Å²) >= 11 is 2.13. The van der Waals surface area contributed by atoms with E-state index >= 15 is 0 Å². The molecule has 0 saturated carbocycles. The Labute approximate surface area is 93.6 Å². The Balaban J connectivity index is 2.74. The van der Waals surface area contributed by atoms with Crippen molar-refractivity contribution in [3.63, 3.8) is 0 Å². The van der Waals surface area contributed by atoms with Crippen molar-refractivity contribution in [2.24, 2.45) is 5.41 Å². The monoisotopic (exact) mass is 215 g/mol. The lowest BCUT2D eigenvalue weighted by atomic mass is 9.86. The Morgan fingerprint density at radius 2 is 1.93 bits per heavy atom. The number of thioether (sulfide) groups is 1. The molecule has 0 aromatic carbocycles. The molecule has 1 aliphatic heterocycles. The quantitative estimate of drug-likeness (QED) is 0.660. The SMILES string of the molecule is CC(C)N1CCCSC[C@H]1C(C)(C)C. The van der Waals surface area contributed by atoms with E-state index in [9.17, 15) is 0 Å². The van der Waals surface area contributed by atoms with Crippen LogP contribution in [0.1, 0.15) is 41.0 Å². The number of nitrogens with zero attached hydrogens (tertiary/aromatic N) is 1. The first-order valence-electron chi connectivity index (χ1n) is 5.76. The molecule has 1 heterocycles. The van der Waals surface area contributed by atoms with Gasteiger partial charge >= 0.3 is 0 Å². The van der Waals surface area contributed by atoms with Crippen LogP contribution in [-0.2, 0) is 0 Å². The van der Waals surface area contributed by atoms with Gasteiger partial charge in [-0.25, -0.2) is 0 Å². The summed E-state index contributed by atoms with van der Waals surface area (Å²) in [7, 11) is 0. The molecule has 0 N–H and O–H groups in total. The second-order valence-corrected chi connectivity index (χ2v) is 6.79. The third-order valence-electron chi connectivity index (χ3n) is 3.04. The maximum Gasteiger partial charge on any atom is 0.0237 e. The van der Waals surface area contributed by atoms with E-state index in [0.29, 0.717) is 11.5 Å². The fourth-order valence-corrected chi connectivity index (χ4v) is 3.58. The molecule has 1 aliphatic rings. The standard InChI is InChI=1S/C12H25NS/c1-10(2)13-7-6-8-14-9-11(13)12(3,4)5/h10-11H,6-9H2,1-5H3/t11-/m0/s1. The average molecular weight is 215 g/mol. The number of hydrogen-bond donors (Lipinski definition) is 0. The average Bonchev–Trinajstić information content (AvgIpc) is 2.26. The summed E-state index contributed by atoms with van der Waals surface area (Å²) in [6.45, 7) is 13.1. The van der Waals surface area contributed by atoms with Gasteiger partial charge in [-0.2, -0.15) is 11.8 Å². The second kappa shape index (κ2) is 4.89. The minimum absolute atomic E-state index is 0.418. The Bertz CT molecular complexity index is 172. The zero-order chi connectivity index (χ0) is 10.8. The molecular formula is C12H25NS. The molecule has 0 unspecified atom stereocenters. The molecule has 1 fully saturated rings. The van der Waals surface area contributed by atoms with Crippen LogP contribution in [0.2, 0.25) is 0 Å². The fourth-order valence-electron chi connectivity index (χ4n) is 2.16. The molecule has 0 aromatic rings. The van der Waals surface area contributed by atoms with Gasteiger partial charge in [-0.15, -0.1) is 0 Å². The minimum Gasteiger partial charge on any atom is -0.297 e. The number of rotatable bonds is 1. The van der Waals surface area contributed by atoms with Gasteiger partial charge in [0, 0.05) is 17.8 Å². The predicted octanol–water partition coefficient (Wildman–Crippen LogP) is 3.25. The molecular weight excluding hydrogens is 190 g/mol. The summed E-state index contributed by atoms with van der Waals surface area (Å²) in [5.41, 5.74) is 0.418. The molecule has 84 valence electrons. The van der Waals surface area contributed by atoms with Crippen molar-refractivity contribution in [3.05, 3.63) is 0 Å². The van der Waals surface area contributed by atoms with E-state index in [-0.39, 0.29) is 0 Å². The van der Waals surface area contributed by atoms with E-state index in [4.69, 9.17) is 0 Å². The minimum atomic E-state index is 0.418. The second-order valence-electron chi connectivity index (χ2n) is 5.64. The molecule has 0 aliphatic carbocycles. The van der Waals surface area contributed by atoms with Crippen LogP contribution in [-0.4, -0.2) is 35.0 Å². The molecule has 1 rings (SSSR count). The molecule has 14 heavy (non-hydrogen) atoms. The summed E-state index contributed by atoms with van der Waals surface area (Å²) in [6.07, 6.45) is 1.36. The van der Waals surface area contributed by atoms with Gasteiger partial charge in [0.15, 0.2) is 0 Å². The van der Waals surface area contributed by atoms with Crippen molar-refractivity contribution in [1.82, 2.24) is 4.90 Å². The third kappa shape index (κ3) is 3.16. The summed E-state index contributed by atoms with van der Waals surface area (Å²) in [5, 5.41) is 0. The van der Waals surface area contributed by atoms with Crippen LogP contribution in [0.4, 0.5) is 0 Å². The largest absolute Gasteiger partial charge is 0.297 e. The zero-order valence-corrected chi connectivity index (χ0v) is 11.2. The first-order valence-corrected chi connectivity index (χ1v) is 6.92. The van der Waals surface area contributed by atoms with Crippen LogP contribution in [0.3, 0.4) is 0 Å². The van der Waals surface area contributed by atoms with Gasteiger partial charge in [0.1, 0.15) is 0 Å². The lowest BCUT2D eigenvalue weighted by Gasteiger charge is -2.41. The number of hydrogen-bond acceptors (Lipinski definition) is 2. The van der Waals surface area contributed by atoms with E-state index in [0.717, 1.165) is 6.04 Å². The van der Waals surface area contributed by atoms with Crippen LogP contribution < -0.4 is 0 Å². The maximum atomic E-state index is 2.69. The van der Waals surface area contributed by atoms with Gasteiger partial charge in [-0.1, -0.05) is 20.8 Å². The molecule has 0 amide bonds. The third-order valence-corrected chi connectivity index (χ3v) is 4.17.